The van der Waals surface area contributed by atoms with E-state index in [1.54, 1.807) is 34.9 Å². The first-order chi connectivity index (χ1) is 12.7. The zero-order valence-electron chi connectivity index (χ0n) is 13.7. The number of aromatic nitrogens is 3. The molecule has 0 amide bonds. The molecule has 2 aromatic carbocycles. The molecule has 128 valence electrons. The molecule has 6 heteroatoms. The lowest BCUT2D eigenvalue weighted by Gasteiger charge is -2.06. The van der Waals surface area contributed by atoms with E-state index in [1.807, 2.05) is 24.3 Å². The highest BCUT2D eigenvalue weighted by atomic mass is 35.5. The summed E-state index contributed by atoms with van der Waals surface area (Å²) in [5.41, 5.74) is 3.25. The molecular formula is C20H14ClN3O2. The van der Waals surface area contributed by atoms with E-state index >= 15 is 0 Å². The van der Waals surface area contributed by atoms with Crippen molar-refractivity contribution >= 4 is 28.8 Å². The molecule has 0 bridgehead atoms. The van der Waals surface area contributed by atoms with Crippen molar-refractivity contribution in [1.82, 2.24) is 14.7 Å². The predicted molar refractivity (Wildman–Crippen MR) is 102 cm³/mol. The molecule has 0 aliphatic carbocycles. The zero-order chi connectivity index (χ0) is 18.1. The molecule has 4 rings (SSSR count). The Hall–Kier alpha value is -3.18. The number of hydrogen-bond acceptors (Lipinski definition) is 4. The maximum absolute atomic E-state index is 13.0. The third-order valence-corrected chi connectivity index (χ3v) is 4.40. The Labute approximate surface area is 154 Å². The van der Waals surface area contributed by atoms with Crippen molar-refractivity contribution < 1.29 is 4.52 Å². The van der Waals surface area contributed by atoms with Gasteiger partial charge < -0.3 is 4.52 Å². The summed E-state index contributed by atoms with van der Waals surface area (Å²) in [6.07, 6.45) is 3.25. The fraction of sp³-hybridized carbons (Fsp3) is 0.0500. The van der Waals surface area contributed by atoms with Gasteiger partial charge in [0.15, 0.2) is 0 Å². The zero-order valence-corrected chi connectivity index (χ0v) is 14.5. The second-order valence-corrected chi connectivity index (χ2v) is 6.28. The van der Waals surface area contributed by atoms with E-state index in [0.717, 1.165) is 16.7 Å². The maximum Gasteiger partial charge on any atom is 0.267 e. The minimum absolute atomic E-state index is 0.200. The summed E-state index contributed by atoms with van der Waals surface area (Å²) in [4.78, 5) is 17.2. The molecule has 0 saturated carbocycles. The summed E-state index contributed by atoms with van der Waals surface area (Å²) in [5, 5.41) is 4.99. The van der Waals surface area contributed by atoms with Crippen LogP contribution in [0.2, 0.25) is 5.02 Å². The van der Waals surface area contributed by atoms with Gasteiger partial charge in [-0.15, -0.1) is 0 Å². The minimum Gasteiger partial charge on any atom is -0.335 e. The first-order valence-corrected chi connectivity index (χ1v) is 8.35. The Morgan fingerprint density at radius 3 is 2.54 bits per heavy atom. The molecule has 0 radical (unpaired) electrons. The Morgan fingerprint density at radius 2 is 1.85 bits per heavy atom. The van der Waals surface area contributed by atoms with E-state index < -0.39 is 0 Å². The van der Waals surface area contributed by atoms with Crippen LogP contribution >= 0.6 is 11.6 Å². The van der Waals surface area contributed by atoms with Crippen molar-refractivity contribution in [2.45, 2.75) is 6.54 Å². The Morgan fingerprint density at radius 1 is 1.12 bits per heavy atom. The molecule has 0 unspecified atom stereocenters. The molecule has 0 fully saturated rings. The number of hydrogen-bond donors (Lipinski definition) is 0. The monoisotopic (exact) mass is 363 g/mol. The molecular weight excluding hydrogens is 350 g/mol. The standard InChI is InChI=1S/C20H14ClN3O2/c1-2-13-3-5-14(6-4-13)11-24-12-22-19-17(20(24)25)18(23-26-19)15-7-9-16(21)10-8-15/h2-10,12H,1,11H2. The predicted octanol–water partition coefficient (Wildman–Crippen LogP) is 4.40. The number of fused-ring (bicyclic) bond motifs is 1. The van der Waals surface area contributed by atoms with E-state index in [1.165, 1.54) is 6.33 Å². The highest BCUT2D eigenvalue weighted by molar-refractivity contribution is 6.30. The number of benzene rings is 2. The van der Waals surface area contributed by atoms with E-state index in [-0.39, 0.29) is 11.3 Å². The van der Waals surface area contributed by atoms with Gasteiger partial charge in [-0.05, 0) is 23.3 Å². The number of nitrogens with zero attached hydrogens (tertiary/aromatic N) is 3. The topological polar surface area (TPSA) is 60.9 Å². The van der Waals surface area contributed by atoms with Crippen LogP contribution in [0, 0.1) is 0 Å². The van der Waals surface area contributed by atoms with Gasteiger partial charge in [-0.25, -0.2) is 4.98 Å². The van der Waals surface area contributed by atoms with Crippen molar-refractivity contribution in [2.75, 3.05) is 0 Å². The van der Waals surface area contributed by atoms with Gasteiger partial charge >= 0.3 is 0 Å². The lowest BCUT2D eigenvalue weighted by Crippen LogP contribution is -2.21. The lowest BCUT2D eigenvalue weighted by molar-refractivity contribution is 0.450. The van der Waals surface area contributed by atoms with Gasteiger partial charge in [0.2, 0.25) is 0 Å². The highest BCUT2D eigenvalue weighted by Gasteiger charge is 2.17. The van der Waals surface area contributed by atoms with Crippen LogP contribution in [0.25, 0.3) is 28.4 Å². The van der Waals surface area contributed by atoms with Crippen molar-refractivity contribution in [3.05, 3.63) is 87.9 Å². The van der Waals surface area contributed by atoms with Gasteiger partial charge in [0.1, 0.15) is 17.4 Å². The van der Waals surface area contributed by atoms with Gasteiger partial charge in [0.25, 0.3) is 11.3 Å². The summed E-state index contributed by atoms with van der Waals surface area (Å²) in [5.74, 6) is 0. The molecule has 2 aromatic heterocycles. The van der Waals surface area contributed by atoms with Crippen molar-refractivity contribution in [1.29, 1.82) is 0 Å². The molecule has 26 heavy (non-hydrogen) atoms. The quantitative estimate of drug-likeness (QED) is 0.539. The van der Waals surface area contributed by atoms with Gasteiger partial charge in [0, 0.05) is 10.6 Å². The van der Waals surface area contributed by atoms with E-state index in [2.05, 4.69) is 16.7 Å². The van der Waals surface area contributed by atoms with Crippen LogP contribution in [0.15, 0.2) is 70.8 Å². The number of rotatable bonds is 4. The summed E-state index contributed by atoms with van der Waals surface area (Å²) in [7, 11) is 0. The van der Waals surface area contributed by atoms with Crippen molar-refractivity contribution in [3.63, 3.8) is 0 Å². The molecule has 5 nitrogen and oxygen atoms in total. The average molecular weight is 364 g/mol. The number of halogens is 1. The maximum atomic E-state index is 13.0. The van der Waals surface area contributed by atoms with Crippen LogP contribution in [-0.4, -0.2) is 14.7 Å². The van der Waals surface area contributed by atoms with E-state index in [0.29, 0.717) is 22.6 Å². The van der Waals surface area contributed by atoms with Crippen molar-refractivity contribution in [3.8, 4) is 11.3 Å². The van der Waals surface area contributed by atoms with Crippen LogP contribution < -0.4 is 5.56 Å². The second-order valence-electron chi connectivity index (χ2n) is 5.84. The van der Waals surface area contributed by atoms with Gasteiger partial charge in [-0.1, -0.05) is 65.8 Å². The summed E-state index contributed by atoms with van der Waals surface area (Å²) in [6.45, 7) is 4.15. The lowest BCUT2D eigenvalue weighted by atomic mass is 10.1. The molecule has 4 aromatic rings. The van der Waals surface area contributed by atoms with Crippen LogP contribution in [0.4, 0.5) is 0 Å². The highest BCUT2D eigenvalue weighted by Crippen LogP contribution is 2.25. The van der Waals surface area contributed by atoms with Crippen LogP contribution in [0.1, 0.15) is 11.1 Å². The third kappa shape index (κ3) is 2.93. The Kier molecular flexibility index (Phi) is 4.14. The molecule has 0 spiro atoms. The molecule has 2 heterocycles. The summed E-state index contributed by atoms with van der Waals surface area (Å²) < 4.78 is 6.78. The minimum atomic E-state index is -0.200. The van der Waals surface area contributed by atoms with Crippen LogP contribution in [0.3, 0.4) is 0 Å². The van der Waals surface area contributed by atoms with Crippen LogP contribution in [-0.2, 0) is 6.54 Å². The Balaban J connectivity index is 1.78. The normalized spacial score (nSPS) is 11.0. The van der Waals surface area contributed by atoms with Crippen LogP contribution in [0.5, 0.6) is 0 Å². The molecule has 0 aliphatic rings. The summed E-state index contributed by atoms with van der Waals surface area (Å²) >= 11 is 5.93. The average Bonchev–Trinajstić information content (AvgIpc) is 3.10. The molecule has 0 atom stereocenters. The molecule has 0 saturated heterocycles. The van der Waals surface area contributed by atoms with E-state index in [9.17, 15) is 4.79 Å². The fourth-order valence-electron chi connectivity index (χ4n) is 2.75. The smallest absolute Gasteiger partial charge is 0.267 e. The van der Waals surface area contributed by atoms with Gasteiger partial charge in [-0.2, -0.15) is 0 Å². The SMILES string of the molecule is C=Cc1ccc(Cn2cnc3onc(-c4ccc(Cl)cc4)c3c2=O)cc1. The fourth-order valence-corrected chi connectivity index (χ4v) is 2.88. The van der Waals surface area contributed by atoms with E-state index in [4.69, 9.17) is 16.1 Å². The first kappa shape index (κ1) is 16.3. The molecule has 0 N–H and O–H groups in total. The Bertz CT molecular complexity index is 1140. The van der Waals surface area contributed by atoms with Gasteiger partial charge in [0.05, 0.1) is 6.54 Å². The first-order valence-electron chi connectivity index (χ1n) is 7.98. The molecule has 0 aliphatic heterocycles. The van der Waals surface area contributed by atoms with Crippen molar-refractivity contribution in [2.24, 2.45) is 0 Å². The largest absolute Gasteiger partial charge is 0.335 e. The van der Waals surface area contributed by atoms with Gasteiger partial charge in [-0.3, -0.25) is 9.36 Å². The second kappa shape index (κ2) is 6.61. The summed E-state index contributed by atoms with van der Waals surface area (Å²) in [6, 6.07) is 14.9. The third-order valence-electron chi connectivity index (χ3n) is 4.15.